The van der Waals surface area contributed by atoms with Crippen molar-refractivity contribution in [2.75, 3.05) is 0 Å². The minimum absolute atomic E-state index is 0.0430. The van der Waals surface area contributed by atoms with Gasteiger partial charge in [-0.2, -0.15) is 10.2 Å². The van der Waals surface area contributed by atoms with Gasteiger partial charge in [-0.25, -0.2) is 9.07 Å². The summed E-state index contributed by atoms with van der Waals surface area (Å²) in [5, 5.41) is 32.6. The molecule has 7 nitrogen and oxygen atoms in total. The van der Waals surface area contributed by atoms with Crippen LogP contribution in [0.4, 0.5) is 4.39 Å². The molecule has 0 aliphatic heterocycles. The Bertz CT molecular complexity index is 1460. The third kappa shape index (κ3) is 3.43. The fourth-order valence-corrected chi connectivity index (χ4v) is 9.11. The number of fused-ring (bicyclic) bond motifs is 6. The Hall–Kier alpha value is -3.10. The Morgan fingerprint density at radius 2 is 1.97 bits per heavy atom. The molecule has 39 heavy (non-hydrogen) atoms. The summed E-state index contributed by atoms with van der Waals surface area (Å²) in [6, 6.07) is 8.16. The van der Waals surface area contributed by atoms with E-state index in [1.807, 2.05) is 17.8 Å². The average molecular weight is 531 g/mol. The van der Waals surface area contributed by atoms with Crippen LogP contribution < -0.4 is 0 Å². The molecule has 0 saturated heterocycles. The number of ketones is 1. The summed E-state index contributed by atoms with van der Waals surface area (Å²) in [6.07, 6.45) is 11.1. The summed E-state index contributed by atoms with van der Waals surface area (Å²) in [5.41, 5.74) is 1.93. The number of aromatic nitrogens is 4. The number of carbonyl (C=O) groups excluding carboxylic acids is 1. The average Bonchev–Trinajstić information content (AvgIpc) is 3.61. The number of rotatable bonds is 4. The van der Waals surface area contributed by atoms with Crippen LogP contribution in [0.5, 0.6) is 0 Å². The van der Waals surface area contributed by atoms with Crippen molar-refractivity contribution in [3.63, 3.8) is 0 Å². The van der Waals surface area contributed by atoms with Crippen LogP contribution in [0.25, 0.3) is 11.8 Å². The van der Waals surface area contributed by atoms with E-state index in [1.54, 1.807) is 35.3 Å². The summed E-state index contributed by atoms with van der Waals surface area (Å²) in [6.45, 7) is 4.36. The lowest BCUT2D eigenvalue weighted by atomic mass is 9.45. The predicted molar refractivity (Wildman–Crippen MR) is 143 cm³/mol. The van der Waals surface area contributed by atoms with E-state index < -0.39 is 17.1 Å². The minimum atomic E-state index is -1.47. The molecule has 2 N–H and O–H groups in total. The topological polar surface area (TPSA) is 93.2 Å². The zero-order valence-corrected chi connectivity index (χ0v) is 22.4. The Labute approximate surface area is 227 Å². The summed E-state index contributed by atoms with van der Waals surface area (Å²) >= 11 is 0. The van der Waals surface area contributed by atoms with E-state index in [4.69, 9.17) is 0 Å². The second-order valence-electron chi connectivity index (χ2n) is 12.8. The van der Waals surface area contributed by atoms with Crippen LogP contribution in [0.3, 0.4) is 0 Å². The number of allylic oxidation sites excluding steroid dienone is 1. The fourth-order valence-electron chi connectivity index (χ4n) is 9.11. The van der Waals surface area contributed by atoms with Gasteiger partial charge in [-0.05, 0) is 104 Å². The molecule has 6 unspecified atom stereocenters. The van der Waals surface area contributed by atoms with Crippen molar-refractivity contribution in [3.8, 4) is 5.69 Å². The SMILES string of the molecule is CC12Cc3cnn(-c4ccc(F)cc4)c3C=C1CCC1C2C(O)CC2(C)C1CC[C@]2(O)C(=O)Cn1cccn1. The molecule has 3 saturated carbocycles. The molecule has 3 fully saturated rings. The normalized spacial score (nSPS) is 36.9. The van der Waals surface area contributed by atoms with Crippen molar-refractivity contribution in [3.05, 3.63) is 71.6 Å². The number of halogens is 1. The third-order valence-corrected chi connectivity index (χ3v) is 11.0. The summed E-state index contributed by atoms with van der Waals surface area (Å²) in [4.78, 5) is 13.5. The number of benzene rings is 1. The quantitative estimate of drug-likeness (QED) is 0.523. The molecule has 8 heteroatoms. The van der Waals surface area contributed by atoms with E-state index in [9.17, 15) is 19.4 Å². The Kier molecular flexibility index (Phi) is 5.40. The molecule has 2 heterocycles. The molecule has 1 aromatic carbocycles. The number of hydrogen-bond donors (Lipinski definition) is 2. The van der Waals surface area contributed by atoms with Gasteiger partial charge in [-0.1, -0.05) is 19.4 Å². The lowest BCUT2D eigenvalue weighted by Crippen LogP contribution is -2.62. The molecule has 7 atom stereocenters. The van der Waals surface area contributed by atoms with Crippen molar-refractivity contribution in [1.29, 1.82) is 0 Å². The van der Waals surface area contributed by atoms with Gasteiger partial charge in [0.25, 0.3) is 0 Å². The third-order valence-electron chi connectivity index (χ3n) is 11.0. The highest BCUT2D eigenvalue weighted by molar-refractivity contribution is 5.88. The van der Waals surface area contributed by atoms with Crippen LogP contribution in [0.2, 0.25) is 0 Å². The lowest BCUT2D eigenvalue weighted by Gasteiger charge is -2.60. The van der Waals surface area contributed by atoms with Crippen LogP contribution >= 0.6 is 0 Å². The van der Waals surface area contributed by atoms with Crippen LogP contribution in [0.1, 0.15) is 57.2 Å². The molecule has 7 rings (SSSR count). The monoisotopic (exact) mass is 530 g/mol. The lowest BCUT2D eigenvalue weighted by molar-refractivity contribution is -0.180. The van der Waals surface area contributed by atoms with Crippen molar-refractivity contribution in [2.45, 2.75) is 70.6 Å². The Morgan fingerprint density at radius 3 is 2.72 bits per heavy atom. The molecule has 204 valence electrons. The van der Waals surface area contributed by atoms with E-state index in [-0.39, 0.29) is 41.3 Å². The van der Waals surface area contributed by atoms with Gasteiger partial charge in [0.15, 0.2) is 5.78 Å². The van der Waals surface area contributed by atoms with Crippen LogP contribution in [-0.4, -0.2) is 47.3 Å². The molecule has 3 aromatic rings. The van der Waals surface area contributed by atoms with Gasteiger partial charge in [0.05, 0.1) is 23.7 Å². The zero-order valence-electron chi connectivity index (χ0n) is 22.4. The van der Waals surface area contributed by atoms with Gasteiger partial charge >= 0.3 is 0 Å². The molecule has 0 radical (unpaired) electrons. The standard InChI is InChI=1S/C31H35FN4O3/c1-29-15-19-17-34-36(22-7-5-21(32)6-8-22)25(19)14-20(29)4-9-23-24-10-11-31(39,27(38)18-35-13-3-12-33-35)30(24,2)16-26(37)28(23)29/h3,5-8,12-14,17,23-24,26,28,37,39H,4,9-11,15-16,18H2,1-2H3/t23?,24?,26?,28?,29?,30?,31-/m0/s1. The number of hydrogen-bond acceptors (Lipinski definition) is 5. The van der Waals surface area contributed by atoms with E-state index in [1.165, 1.54) is 17.7 Å². The van der Waals surface area contributed by atoms with Crippen LogP contribution in [0.15, 0.2) is 54.5 Å². The largest absolute Gasteiger partial charge is 0.393 e. The number of nitrogens with zero attached hydrogens (tertiary/aromatic N) is 4. The molecule has 4 aliphatic carbocycles. The van der Waals surface area contributed by atoms with Crippen molar-refractivity contribution in [1.82, 2.24) is 19.6 Å². The van der Waals surface area contributed by atoms with Crippen LogP contribution in [-0.2, 0) is 17.8 Å². The Balaban J connectivity index is 1.20. The predicted octanol–water partition coefficient (Wildman–Crippen LogP) is 4.36. The molecule has 2 aromatic heterocycles. The smallest absolute Gasteiger partial charge is 0.186 e. The molecule has 0 spiro atoms. The highest BCUT2D eigenvalue weighted by Gasteiger charge is 2.68. The minimum Gasteiger partial charge on any atom is -0.393 e. The first-order valence-electron chi connectivity index (χ1n) is 14.1. The number of carbonyl (C=O) groups is 1. The Morgan fingerprint density at radius 1 is 1.18 bits per heavy atom. The summed E-state index contributed by atoms with van der Waals surface area (Å²) in [7, 11) is 0. The highest BCUT2D eigenvalue weighted by Crippen LogP contribution is 2.67. The zero-order chi connectivity index (χ0) is 27.2. The summed E-state index contributed by atoms with van der Waals surface area (Å²) < 4.78 is 17.0. The number of aliphatic hydroxyl groups excluding tert-OH is 1. The number of aliphatic hydroxyl groups is 2. The maximum Gasteiger partial charge on any atom is 0.186 e. The highest BCUT2D eigenvalue weighted by atomic mass is 19.1. The van der Waals surface area contributed by atoms with E-state index >= 15 is 0 Å². The van der Waals surface area contributed by atoms with Crippen molar-refractivity contribution < 1.29 is 19.4 Å². The molecule has 4 aliphatic rings. The second-order valence-corrected chi connectivity index (χ2v) is 12.8. The van der Waals surface area contributed by atoms with Crippen molar-refractivity contribution >= 4 is 11.9 Å². The summed E-state index contributed by atoms with van der Waals surface area (Å²) in [5.74, 6) is -0.0500. The van der Waals surface area contributed by atoms with Crippen LogP contribution in [0, 0.1) is 34.4 Å². The van der Waals surface area contributed by atoms with Crippen molar-refractivity contribution in [2.24, 2.45) is 28.6 Å². The first-order valence-corrected chi connectivity index (χ1v) is 14.1. The van der Waals surface area contributed by atoms with Gasteiger partial charge in [0, 0.05) is 17.8 Å². The van der Waals surface area contributed by atoms with Gasteiger partial charge in [-0.15, -0.1) is 0 Å². The van der Waals surface area contributed by atoms with Gasteiger partial charge < -0.3 is 10.2 Å². The second kappa shape index (κ2) is 8.45. The van der Waals surface area contributed by atoms with E-state index in [2.05, 4.69) is 23.2 Å². The fraction of sp³-hybridized carbons (Fsp3) is 0.516. The first-order chi connectivity index (χ1) is 18.6. The van der Waals surface area contributed by atoms with Gasteiger partial charge in [0.1, 0.15) is 18.0 Å². The van der Waals surface area contributed by atoms with E-state index in [0.29, 0.717) is 12.8 Å². The van der Waals surface area contributed by atoms with Gasteiger partial charge in [0.2, 0.25) is 0 Å². The van der Waals surface area contributed by atoms with Gasteiger partial charge in [-0.3, -0.25) is 9.48 Å². The first kappa shape index (κ1) is 24.9. The molecule has 0 bridgehead atoms. The maximum atomic E-state index is 13.5. The van der Waals surface area contributed by atoms with E-state index in [0.717, 1.165) is 42.6 Å². The molecular formula is C31H35FN4O3. The maximum absolute atomic E-state index is 13.5. The number of Topliss-reactive ketones (excluding diaryl/α,β-unsaturated/α-hetero) is 1. The molecule has 0 amide bonds. The molecular weight excluding hydrogens is 495 g/mol.